The number of carbonyl (C=O) groups is 1. The Bertz CT molecular complexity index is 612. The van der Waals surface area contributed by atoms with Crippen LogP contribution in [-0.2, 0) is 4.79 Å². The van der Waals surface area contributed by atoms with E-state index in [1.165, 1.54) is 0 Å². The van der Waals surface area contributed by atoms with E-state index in [2.05, 4.69) is 10.2 Å². The number of aryl methyl sites for hydroxylation is 1. The van der Waals surface area contributed by atoms with Gasteiger partial charge in [-0.2, -0.15) is 15.0 Å². The molecule has 1 amide bonds. The molecule has 110 valence electrons. The summed E-state index contributed by atoms with van der Waals surface area (Å²) in [6, 6.07) is 7.87. The molecule has 1 aromatic heterocycles. The van der Waals surface area contributed by atoms with Crippen LogP contribution < -0.4 is 4.74 Å². The Hall–Kier alpha value is -2.37. The van der Waals surface area contributed by atoms with Crippen molar-refractivity contribution in [1.29, 1.82) is 0 Å². The Labute approximate surface area is 123 Å². The molecule has 6 heteroatoms. The predicted molar refractivity (Wildman–Crippen MR) is 76.9 cm³/mol. The van der Waals surface area contributed by atoms with Gasteiger partial charge in [0.2, 0.25) is 0 Å². The Morgan fingerprint density at radius 1 is 1.38 bits per heavy atom. The van der Waals surface area contributed by atoms with E-state index in [1.807, 2.05) is 36.1 Å². The van der Waals surface area contributed by atoms with Gasteiger partial charge in [-0.1, -0.05) is 12.1 Å². The third-order valence-electron chi connectivity index (χ3n) is 3.63. The highest BCUT2D eigenvalue weighted by molar-refractivity contribution is 5.78. The van der Waals surface area contributed by atoms with Gasteiger partial charge < -0.3 is 9.64 Å². The molecule has 0 aliphatic carbocycles. The molecule has 0 spiro atoms. The van der Waals surface area contributed by atoms with Gasteiger partial charge in [-0.05, 0) is 31.0 Å². The molecule has 0 saturated carbocycles. The predicted octanol–water partition coefficient (Wildman–Crippen LogP) is 1.44. The number of rotatable bonds is 4. The molecule has 1 aliphatic rings. The number of hydrogen-bond acceptors (Lipinski definition) is 4. The van der Waals surface area contributed by atoms with E-state index < -0.39 is 0 Å². The van der Waals surface area contributed by atoms with E-state index in [1.54, 1.807) is 17.2 Å². The number of aromatic nitrogens is 3. The first-order valence-electron chi connectivity index (χ1n) is 7.05. The molecule has 0 radical (unpaired) electrons. The summed E-state index contributed by atoms with van der Waals surface area (Å²) < 4.78 is 5.56. The standard InChI is InChI=1S/C15H18N4O2/c1-12-3-2-4-14(9-12)21-11-15(20)18-8-5-13(10-18)19-16-6-7-17-19/h2-4,6-7,9,13H,5,8,10-11H2,1H3. The van der Waals surface area contributed by atoms with Gasteiger partial charge in [0.1, 0.15) is 5.75 Å². The molecule has 0 N–H and O–H groups in total. The summed E-state index contributed by atoms with van der Waals surface area (Å²) in [6.45, 7) is 3.44. The summed E-state index contributed by atoms with van der Waals surface area (Å²) in [5.74, 6) is 0.735. The maximum atomic E-state index is 12.2. The van der Waals surface area contributed by atoms with Gasteiger partial charge in [0.25, 0.3) is 5.91 Å². The van der Waals surface area contributed by atoms with Crippen LogP contribution in [0.5, 0.6) is 5.75 Å². The summed E-state index contributed by atoms with van der Waals surface area (Å²) in [7, 11) is 0. The first-order valence-corrected chi connectivity index (χ1v) is 7.05. The quantitative estimate of drug-likeness (QED) is 0.853. The topological polar surface area (TPSA) is 60.2 Å². The highest BCUT2D eigenvalue weighted by Crippen LogP contribution is 2.20. The molecule has 3 rings (SSSR count). The van der Waals surface area contributed by atoms with Crippen LogP contribution >= 0.6 is 0 Å². The van der Waals surface area contributed by atoms with Gasteiger partial charge in [-0.15, -0.1) is 0 Å². The lowest BCUT2D eigenvalue weighted by Crippen LogP contribution is -2.33. The van der Waals surface area contributed by atoms with Crippen molar-refractivity contribution in [2.45, 2.75) is 19.4 Å². The molecule has 1 aromatic carbocycles. The minimum atomic E-state index is 0.00571. The summed E-state index contributed by atoms with van der Waals surface area (Å²) in [5, 5.41) is 8.26. The molecule has 2 aromatic rings. The third kappa shape index (κ3) is 3.21. The van der Waals surface area contributed by atoms with Gasteiger partial charge in [-0.25, -0.2) is 0 Å². The first-order chi connectivity index (χ1) is 10.2. The third-order valence-corrected chi connectivity index (χ3v) is 3.63. The fraction of sp³-hybridized carbons (Fsp3) is 0.400. The van der Waals surface area contributed by atoms with Crippen molar-refractivity contribution in [2.75, 3.05) is 19.7 Å². The fourth-order valence-electron chi connectivity index (χ4n) is 2.51. The first kappa shape index (κ1) is 13.6. The number of ether oxygens (including phenoxy) is 1. The molecule has 1 unspecified atom stereocenters. The zero-order valence-corrected chi connectivity index (χ0v) is 12.0. The summed E-state index contributed by atoms with van der Waals surface area (Å²) in [5.41, 5.74) is 1.12. The summed E-state index contributed by atoms with van der Waals surface area (Å²) in [6.07, 6.45) is 4.20. The maximum absolute atomic E-state index is 12.2. The second-order valence-electron chi connectivity index (χ2n) is 5.24. The average Bonchev–Trinajstić information content (AvgIpc) is 3.15. The smallest absolute Gasteiger partial charge is 0.260 e. The van der Waals surface area contributed by atoms with Crippen molar-refractivity contribution in [3.05, 3.63) is 42.2 Å². The number of amides is 1. The van der Waals surface area contributed by atoms with Crippen LogP contribution in [0.3, 0.4) is 0 Å². The highest BCUT2D eigenvalue weighted by atomic mass is 16.5. The fourth-order valence-corrected chi connectivity index (χ4v) is 2.51. The van der Waals surface area contributed by atoms with Crippen LogP contribution in [0.15, 0.2) is 36.7 Å². The van der Waals surface area contributed by atoms with Crippen molar-refractivity contribution in [1.82, 2.24) is 19.9 Å². The van der Waals surface area contributed by atoms with Gasteiger partial charge in [-0.3, -0.25) is 4.79 Å². The average molecular weight is 286 g/mol. The molecule has 2 heterocycles. The number of nitrogens with zero attached hydrogens (tertiary/aromatic N) is 4. The number of carbonyl (C=O) groups excluding carboxylic acids is 1. The second-order valence-corrected chi connectivity index (χ2v) is 5.24. The normalized spacial score (nSPS) is 18.0. The lowest BCUT2D eigenvalue weighted by Gasteiger charge is -2.16. The van der Waals surface area contributed by atoms with Crippen molar-refractivity contribution >= 4 is 5.91 Å². The van der Waals surface area contributed by atoms with E-state index >= 15 is 0 Å². The Morgan fingerprint density at radius 2 is 2.19 bits per heavy atom. The molecular formula is C15H18N4O2. The van der Waals surface area contributed by atoms with Crippen LogP contribution in [0.1, 0.15) is 18.0 Å². The lowest BCUT2D eigenvalue weighted by atomic mass is 10.2. The number of likely N-dealkylation sites (tertiary alicyclic amines) is 1. The van der Waals surface area contributed by atoms with E-state index in [0.717, 1.165) is 24.3 Å². The minimum Gasteiger partial charge on any atom is -0.484 e. The van der Waals surface area contributed by atoms with Crippen LogP contribution in [0.2, 0.25) is 0 Å². The van der Waals surface area contributed by atoms with Gasteiger partial charge in [0.05, 0.1) is 18.4 Å². The van der Waals surface area contributed by atoms with Crippen molar-refractivity contribution in [3.63, 3.8) is 0 Å². The van der Waals surface area contributed by atoms with Crippen molar-refractivity contribution < 1.29 is 9.53 Å². The number of hydrogen-bond donors (Lipinski definition) is 0. The SMILES string of the molecule is Cc1cccc(OCC(=O)N2CCC(n3nccn3)C2)c1. The second kappa shape index (κ2) is 5.95. The van der Waals surface area contributed by atoms with E-state index in [9.17, 15) is 4.79 Å². The molecule has 1 aliphatic heterocycles. The molecular weight excluding hydrogens is 268 g/mol. The summed E-state index contributed by atoms with van der Waals surface area (Å²) >= 11 is 0. The van der Waals surface area contributed by atoms with Gasteiger partial charge >= 0.3 is 0 Å². The van der Waals surface area contributed by atoms with E-state index in [0.29, 0.717) is 6.54 Å². The monoisotopic (exact) mass is 286 g/mol. The number of benzene rings is 1. The van der Waals surface area contributed by atoms with E-state index in [-0.39, 0.29) is 18.6 Å². The Morgan fingerprint density at radius 3 is 2.95 bits per heavy atom. The molecule has 21 heavy (non-hydrogen) atoms. The zero-order valence-electron chi connectivity index (χ0n) is 12.0. The lowest BCUT2D eigenvalue weighted by molar-refractivity contribution is -0.132. The largest absolute Gasteiger partial charge is 0.484 e. The summed E-state index contributed by atoms with van der Waals surface area (Å²) in [4.78, 5) is 15.7. The van der Waals surface area contributed by atoms with Gasteiger partial charge in [0, 0.05) is 13.1 Å². The molecule has 0 bridgehead atoms. The minimum absolute atomic E-state index is 0.00571. The van der Waals surface area contributed by atoms with Crippen molar-refractivity contribution in [3.8, 4) is 5.75 Å². The van der Waals surface area contributed by atoms with Gasteiger partial charge in [0.15, 0.2) is 6.61 Å². The Balaban J connectivity index is 1.52. The molecule has 1 atom stereocenters. The van der Waals surface area contributed by atoms with Crippen LogP contribution in [0.4, 0.5) is 0 Å². The molecule has 6 nitrogen and oxygen atoms in total. The maximum Gasteiger partial charge on any atom is 0.260 e. The Kier molecular flexibility index (Phi) is 3.85. The van der Waals surface area contributed by atoms with E-state index in [4.69, 9.17) is 4.74 Å². The van der Waals surface area contributed by atoms with Crippen LogP contribution in [0.25, 0.3) is 0 Å². The van der Waals surface area contributed by atoms with Crippen LogP contribution in [-0.4, -0.2) is 45.5 Å². The molecule has 1 fully saturated rings. The molecule has 1 saturated heterocycles. The highest BCUT2D eigenvalue weighted by Gasteiger charge is 2.28. The van der Waals surface area contributed by atoms with Crippen molar-refractivity contribution in [2.24, 2.45) is 0 Å². The van der Waals surface area contributed by atoms with Crippen LogP contribution in [0, 0.1) is 6.92 Å². The zero-order chi connectivity index (χ0) is 14.7.